The summed E-state index contributed by atoms with van der Waals surface area (Å²) in [7, 11) is 0. The summed E-state index contributed by atoms with van der Waals surface area (Å²) in [6.07, 6.45) is -7.83. The van der Waals surface area contributed by atoms with Gasteiger partial charge >= 0.3 is 24.3 Å². The van der Waals surface area contributed by atoms with Crippen LogP contribution in [0, 0.1) is 5.92 Å². The molecule has 2 aliphatic heterocycles. The maximum Gasteiger partial charge on any atom is 0.490 e. The maximum absolute atomic E-state index is 11.2. The van der Waals surface area contributed by atoms with Crippen molar-refractivity contribution in [2.24, 2.45) is 11.7 Å². The number of primary amides is 1. The molecule has 0 aromatic carbocycles. The van der Waals surface area contributed by atoms with Crippen LogP contribution in [0.2, 0.25) is 0 Å². The van der Waals surface area contributed by atoms with E-state index in [1.807, 2.05) is 0 Å². The lowest BCUT2D eigenvalue weighted by Crippen LogP contribution is -2.57. The largest absolute Gasteiger partial charge is 0.490 e. The second-order valence-corrected chi connectivity index (χ2v) is 5.56. The Labute approximate surface area is 149 Å². The lowest BCUT2D eigenvalue weighted by molar-refractivity contribution is -0.193. The summed E-state index contributed by atoms with van der Waals surface area (Å²) in [6, 6.07) is 0.410. The molecule has 0 radical (unpaired) electrons. The van der Waals surface area contributed by atoms with Gasteiger partial charge in [0.05, 0.1) is 5.92 Å². The second kappa shape index (κ2) is 10.3. The Kier molecular flexibility index (Phi) is 9.50. The van der Waals surface area contributed by atoms with Crippen LogP contribution in [-0.2, 0) is 14.4 Å². The minimum absolute atomic E-state index is 0.0223. The van der Waals surface area contributed by atoms with Crippen LogP contribution in [0.1, 0.15) is 12.8 Å². The summed E-state index contributed by atoms with van der Waals surface area (Å²) in [5.74, 6) is -5.64. The highest BCUT2D eigenvalue weighted by Gasteiger charge is 2.39. The number of carbonyl (C=O) groups excluding carboxylic acids is 1. The number of carboxylic acid groups (broad SMARTS) is 2. The van der Waals surface area contributed by atoms with Gasteiger partial charge in [0, 0.05) is 12.6 Å². The van der Waals surface area contributed by atoms with Crippen molar-refractivity contribution in [3.05, 3.63) is 0 Å². The summed E-state index contributed by atoms with van der Waals surface area (Å²) in [5, 5.41) is 17.5. The molecule has 0 saturated carbocycles. The molecule has 0 bridgehead atoms. The Morgan fingerprint density at radius 3 is 1.63 bits per heavy atom. The monoisotopic (exact) mass is 411 g/mol. The van der Waals surface area contributed by atoms with E-state index >= 15 is 0 Å². The molecule has 0 aromatic rings. The predicted molar refractivity (Wildman–Crippen MR) is 77.5 cm³/mol. The van der Waals surface area contributed by atoms with Gasteiger partial charge in [-0.2, -0.15) is 26.3 Å². The molecule has 0 aromatic heterocycles. The number of likely N-dealkylation sites (tertiary alicyclic amines) is 1. The summed E-state index contributed by atoms with van der Waals surface area (Å²) in [6.45, 7) is 4.07. The first kappa shape index (κ1) is 24.9. The standard InChI is InChI=1S/C9H17N3O.2C2HF3O2/c10-9(13)7-6-11-3-2-8(7)12-4-1-5-12;2*3-2(4,5)1(6)7/h7-8,11H,1-6H2,(H2,10,13);2*(H,6,7)/t7-,8-;;/m1../s1. The van der Waals surface area contributed by atoms with Crippen LogP contribution in [-0.4, -0.2) is 77.5 Å². The summed E-state index contributed by atoms with van der Waals surface area (Å²) < 4.78 is 63.5. The Morgan fingerprint density at radius 1 is 0.963 bits per heavy atom. The van der Waals surface area contributed by atoms with Gasteiger partial charge in [0.1, 0.15) is 0 Å². The number of carboxylic acids is 2. The second-order valence-electron chi connectivity index (χ2n) is 5.56. The zero-order valence-corrected chi connectivity index (χ0v) is 13.8. The number of piperidine rings is 1. The lowest BCUT2D eigenvalue weighted by Gasteiger charge is -2.43. The van der Waals surface area contributed by atoms with E-state index in [-0.39, 0.29) is 11.8 Å². The fourth-order valence-corrected chi connectivity index (χ4v) is 2.24. The first-order chi connectivity index (χ1) is 12.2. The fraction of sp³-hybridized carbons (Fsp3) is 0.769. The quantitative estimate of drug-likeness (QED) is 0.484. The van der Waals surface area contributed by atoms with Gasteiger partial charge in [0.25, 0.3) is 0 Å². The van der Waals surface area contributed by atoms with Crippen molar-refractivity contribution in [2.75, 3.05) is 26.2 Å². The molecule has 2 atom stereocenters. The van der Waals surface area contributed by atoms with Crippen molar-refractivity contribution in [1.29, 1.82) is 0 Å². The van der Waals surface area contributed by atoms with Gasteiger partial charge in [0.2, 0.25) is 5.91 Å². The molecule has 0 aliphatic carbocycles. The Hall–Kier alpha value is -2.09. The SMILES string of the molecule is NC(=O)[C@@H]1CNCC[C@H]1N1CCC1.O=C(O)C(F)(F)F.O=C(O)C(F)(F)F. The van der Waals surface area contributed by atoms with Crippen molar-refractivity contribution in [3.63, 3.8) is 0 Å². The first-order valence-corrected chi connectivity index (χ1v) is 7.52. The topological polar surface area (TPSA) is 133 Å². The van der Waals surface area contributed by atoms with Gasteiger partial charge in [-0.25, -0.2) is 9.59 Å². The number of alkyl halides is 6. The number of hydrogen-bond donors (Lipinski definition) is 4. The zero-order valence-electron chi connectivity index (χ0n) is 13.8. The highest BCUT2D eigenvalue weighted by Crippen LogP contribution is 2.22. The van der Waals surface area contributed by atoms with Crippen LogP contribution in [0.4, 0.5) is 26.3 Å². The van der Waals surface area contributed by atoms with Crippen LogP contribution in [0.25, 0.3) is 0 Å². The number of rotatable bonds is 2. The molecule has 5 N–H and O–H groups in total. The predicted octanol–water partition coefficient (Wildman–Crippen LogP) is 0.422. The molecule has 2 fully saturated rings. The highest BCUT2D eigenvalue weighted by atomic mass is 19.4. The normalized spacial score (nSPS) is 22.9. The van der Waals surface area contributed by atoms with Crippen molar-refractivity contribution in [1.82, 2.24) is 10.2 Å². The summed E-state index contributed by atoms with van der Waals surface area (Å²) in [5.41, 5.74) is 5.37. The molecule has 1 amide bonds. The number of nitrogens with zero attached hydrogens (tertiary/aromatic N) is 1. The van der Waals surface area contributed by atoms with Gasteiger partial charge in [-0.3, -0.25) is 9.69 Å². The Morgan fingerprint density at radius 2 is 1.37 bits per heavy atom. The molecule has 2 heterocycles. The number of halogens is 6. The van der Waals surface area contributed by atoms with Crippen molar-refractivity contribution >= 4 is 17.8 Å². The minimum atomic E-state index is -5.08. The number of nitrogens with two attached hydrogens (primary N) is 1. The Bertz CT molecular complexity index is 498. The molecule has 2 rings (SSSR count). The Balaban J connectivity index is 0.000000416. The molecule has 158 valence electrons. The van der Waals surface area contributed by atoms with E-state index in [9.17, 15) is 31.1 Å². The molecule has 0 unspecified atom stereocenters. The molecular weight excluding hydrogens is 392 g/mol. The van der Waals surface area contributed by atoms with E-state index in [0.717, 1.165) is 32.6 Å². The summed E-state index contributed by atoms with van der Waals surface area (Å²) in [4.78, 5) is 31.3. The van der Waals surface area contributed by atoms with E-state index in [4.69, 9.17) is 25.5 Å². The van der Waals surface area contributed by atoms with Crippen LogP contribution < -0.4 is 11.1 Å². The number of aliphatic carboxylic acids is 2. The van der Waals surface area contributed by atoms with Gasteiger partial charge in [-0.15, -0.1) is 0 Å². The number of amides is 1. The van der Waals surface area contributed by atoms with Gasteiger partial charge in [0.15, 0.2) is 0 Å². The van der Waals surface area contributed by atoms with E-state index < -0.39 is 24.3 Å². The summed E-state index contributed by atoms with van der Waals surface area (Å²) >= 11 is 0. The van der Waals surface area contributed by atoms with Crippen LogP contribution in [0.3, 0.4) is 0 Å². The molecule has 2 saturated heterocycles. The van der Waals surface area contributed by atoms with E-state index in [2.05, 4.69) is 10.2 Å². The van der Waals surface area contributed by atoms with Gasteiger partial charge in [-0.05, 0) is 32.5 Å². The minimum Gasteiger partial charge on any atom is -0.475 e. The maximum atomic E-state index is 11.2. The number of hydrogen-bond acceptors (Lipinski definition) is 5. The molecule has 8 nitrogen and oxygen atoms in total. The van der Waals surface area contributed by atoms with Gasteiger partial charge in [-0.1, -0.05) is 0 Å². The van der Waals surface area contributed by atoms with E-state index in [1.54, 1.807) is 0 Å². The molecular formula is C13H19F6N3O5. The number of carbonyl (C=O) groups is 3. The molecule has 14 heteroatoms. The lowest BCUT2D eigenvalue weighted by atomic mass is 9.89. The van der Waals surface area contributed by atoms with E-state index in [0.29, 0.717) is 6.04 Å². The van der Waals surface area contributed by atoms with Crippen LogP contribution in [0.5, 0.6) is 0 Å². The van der Waals surface area contributed by atoms with Crippen LogP contribution >= 0.6 is 0 Å². The third-order valence-corrected chi connectivity index (χ3v) is 3.66. The molecule has 2 aliphatic rings. The zero-order chi connectivity index (χ0) is 21.4. The fourth-order valence-electron chi connectivity index (χ4n) is 2.24. The average Bonchev–Trinajstić information content (AvgIpc) is 2.45. The first-order valence-electron chi connectivity index (χ1n) is 7.52. The van der Waals surface area contributed by atoms with Crippen molar-refractivity contribution < 1.29 is 50.9 Å². The van der Waals surface area contributed by atoms with Gasteiger partial charge < -0.3 is 21.3 Å². The average molecular weight is 411 g/mol. The smallest absolute Gasteiger partial charge is 0.475 e. The van der Waals surface area contributed by atoms with E-state index in [1.165, 1.54) is 6.42 Å². The highest BCUT2D eigenvalue weighted by molar-refractivity contribution is 5.77. The molecule has 0 spiro atoms. The number of nitrogens with one attached hydrogen (secondary N) is 1. The third kappa shape index (κ3) is 9.42. The van der Waals surface area contributed by atoms with Crippen LogP contribution in [0.15, 0.2) is 0 Å². The third-order valence-electron chi connectivity index (χ3n) is 3.66. The van der Waals surface area contributed by atoms with Crippen molar-refractivity contribution in [3.8, 4) is 0 Å². The van der Waals surface area contributed by atoms with Crippen molar-refractivity contribution in [2.45, 2.75) is 31.2 Å². The molecule has 27 heavy (non-hydrogen) atoms.